The Labute approximate surface area is 186 Å². The number of aliphatic hydroxyl groups is 1. The van der Waals surface area contributed by atoms with Gasteiger partial charge in [0.2, 0.25) is 0 Å². The van der Waals surface area contributed by atoms with Crippen molar-refractivity contribution in [2.24, 2.45) is 0 Å². The minimum atomic E-state index is -0.628. The molecule has 1 aromatic rings. The zero-order chi connectivity index (χ0) is 22.2. The van der Waals surface area contributed by atoms with Gasteiger partial charge in [-0.1, -0.05) is 37.6 Å². The van der Waals surface area contributed by atoms with Crippen LogP contribution in [0.4, 0.5) is 0 Å². The second-order valence-corrected chi connectivity index (χ2v) is 9.63. The van der Waals surface area contributed by atoms with Gasteiger partial charge in [-0.2, -0.15) is 0 Å². The molecule has 5 heteroatoms. The van der Waals surface area contributed by atoms with Crippen LogP contribution in [0.25, 0.3) is 0 Å². The fourth-order valence-corrected chi connectivity index (χ4v) is 3.36. The van der Waals surface area contributed by atoms with E-state index in [0.29, 0.717) is 12.5 Å². The molecule has 0 bridgehead atoms. The molecule has 1 aromatic carbocycles. The molecule has 30 heavy (non-hydrogen) atoms. The van der Waals surface area contributed by atoms with E-state index in [2.05, 4.69) is 32.1 Å². The highest BCUT2D eigenvalue weighted by Gasteiger charge is 2.27. The summed E-state index contributed by atoms with van der Waals surface area (Å²) in [7, 11) is 0. The van der Waals surface area contributed by atoms with E-state index in [1.165, 1.54) is 11.1 Å². The number of aliphatic hydroxyl groups excluding tert-OH is 1. The number of halogens is 1. The van der Waals surface area contributed by atoms with Gasteiger partial charge in [0.1, 0.15) is 18.5 Å². The van der Waals surface area contributed by atoms with Gasteiger partial charge in [-0.25, -0.2) is 0 Å². The van der Waals surface area contributed by atoms with Gasteiger partial charge in [-0.3, -0.25) is 0 Å². The van der Waals surface area contributed by atoms with Gasteiger partial charge in [0.15, 0.2) is 0 Å². The van der Waals surface area contributed by atoms with Crippen molar-refractivity contribution in [2.75, 3.05) is 25.7 Å². The van der Waals surface area contributed by atoms with Crippen LogP contribution in [0.5, 0.6) is 5.75 Å². The van der Waals surface area contributed by atoms with Gasteiger partial charge in [-0.15, -0.1) is 11.6 Å². The molecule has 1 N–H and O–H groups in total. The number of alkyl halides is 1. The smallest absolute Gasteiger partial charge is 0.119 e. The maximum atomic E-state index is 10.1. The molecule has 1 aliphatic rings. The highest BCUT2D eigenvalue weighted by atomic mass is 35.5. The molecule has 0 radical (unpaired) electrons. The summed E-state index contributed by atoms with van der Waals surface area (Å²) in [4.78, 5) is 0. The summed E-state index contributed by atoms with van der Waals surface area (Å²) in [6.07, 6.45) is 6.17. The Kier molecular flexibility index (Phi) is 9.27. The average Bonchev–Trinajstić information content (AvgIpc) is 2.71. The Balaban J connectivity index is 1.91. The van der Waals surface area contributed by atoms with Crippen LogP contribution in [-0.2, 0) is 14.9 Å². The first-order chi connectivity index (χ1) is 14.1. The fourth-order valence-electron chi connectivity index (χ4n) is 3.25. The second-order valence-electron chi connectivity index (χ2n) is 9.25. The monoisotopic (exact) mass is 436 g/mol. The zero-order valence-electron chi connectivity index (χ0n) is 19.0. The lowest BCUT2D eigenvalue weighted by molar-refractivity contribution is -0.0652. The van der Waals surface area contributed by atoms with E-state index in [4.69, 9.17) is 25.8 Å². The minimum absolute atomic E-state index is 0.0727. The van der Waals surface area contributed by atoms with Crippen LogP contribution < -0.4 is 4.74 Å². The van der Waals surface area contributed by atoms with E-state index < -0.39 is 6.10 Å². The van der Waals surface area contributed by atoms with Gasteiger partial charge in [0.05, 0.1) is 24.6 Å². The molecule has 0 amide bonds. The first-order valence-corrected chi connectivity index (χ1v) is 11.3. The first-order valence-electron chi connectivity index (χ1n) is 10.8. The Morgan fingerprint density at radius 3 is 2.23 bits per heavy atom. The Morgan fingerprint density at radius 1 is 0.967 bits per heavy atom. The molecule has 0 spiro atoms. The summed E-state index contributed by atoms with van der Waals surface area (Å²) in [6, 6.07) is 8.33. The number of hydrogen-bond donors (Lipinski definition) is 1. The zero-order valence-corrected chi connectivity index (χ0v) is 19.8. The molecule has 1 unspecified atom stereocenters. The van der Waals surface area contributed by atoms with Crippen molar-refractivity contribution in [3.8, 4) is 5.75 Å². The largest absolute Gasteiger partial charge is 0.495 e. The van der Waals surface area contributed by atoms with Crippen molar-refractivity contribution in [3.63, 3.8) is 0 Å². The van der Waals surface area contributed by atoms with Crippen molar-refractivity contribution < 1.29 is 19.3 Å². The SMILES string of the molecule is CC(C)(C)OCC(O)COC1=CC=C(C(C)(C)c2ccc(OCCCCl)cc2)CC1. The van der Waals surface area contributed by atoms with E-state index in [0.717, 1.165) is 30.8 Å². The van der Waals surface area contributed by atoms with Crippen LogP contribution in [-0.4, -0.2) is 42.5 Å². The predicted octanol–water partition coefficient (Wildman–Crippen LogP) is 5.77. The maximum absolute atomic E-state index is 10.1. The number of hydrogen-bond acceptors (Lipinski definition) is 4. The topological polar surface area (TPSA) is 47.9 Å². The summed E-state index contributed by atoms with van der Waals surface area (Å²) in [5.74, 6) is 2.40. The summed E-state index contributed by atoms with van der Waals surface area (Å²) in [5.41, 5.74) is 2.28. The van der Waals surface area contributed by atoms with Crippen molar-refractivity contribution in [2.45, 2.75) is 71.0 Å². The Hall–Kier alpha value is -1.49. The van der Waals surface area contributed by atoms with Crippen LogP contribution >= 0.6 is 11.6 Å². The normalized spacial score (nSPS) is 16.0. The molecule has 4 nitrogen and oxygen atoms in total. The quantitative estimate of drug-likeness (QED) is 0.353. The maximum Gasteiger partial charge on any atom is 0.119 e. The molecule has 168 valence electrons. The standard InChI is InChI=1S/C25H37ClO4/c1-24(2,3)30-18-21(27)17-29-23-13-9-20(10-14-23)25(4,5)19-7-11-22(12-8-19)28-16-6-15-26/h7-9,11-13,21,27H,6,10,14-18H2,1-5H3. The Morgan fingerprint density at radius 2 is 1.67 bits per heavy atom. The van der Waals surface area contributed by atoms with Crippen molar-refractivity contribution in [1.29, 1.82) is 0 Å². The van der Waals surface area contributed by atoms with Crippen molar-refractivity contribution >= 4 is 11.6 Å². The van der Waals surface area contributed by atoms with E-state index in [-0.39, 0.29) is 24.2 Å². The van der Waals surface area contributed by atoms with Gasteiger partial charge < -0.3 is 19.3 Å². The third-order valence-electron chi connectivity index (χ3n) is 5.21. The minimum Gasteiger partial charge on any atom is -0.495 e. The molecule has 1 aliphatic carbocycles. The van der Waals surface area contributed by atoms with Crippen LogP contribution in [0.2, 0.25) is 0 Å². The fraction of sp³-hybridized carbons (Fsp3) is 0.600. The number of rotatable bonds is 11. The first kappa shape index (κ1) is 24.8. The van der Waals surface area contributed by atoms with E-state index in [9.17, 15) is 5.11 Å². The second kappa shape index (κ2) is 11.2. The number of allylic oxidation sites excluding steroid dienone is 4. The van der Waals surface area contributed by atoms with Crippen LogP contribution in [0.1, 0.15) is 59.4 Å². The van der Waals surface area contributed by atoms with Gasteiger partial charge in [0.25, 0.3) is 0 Å². The van der Waals surface area contributed by atoms with E-state index >= 15 is 0 Å². The number of ether oxygens (including phenoxy) is 3. The van der Waals surface area contributed by atoms with Crippen molar-refractivity contribution in [3.05, 3.63) is 53.3 Å². The predicted molar refractivity (Wildman–Crippen MR) is 123 cm³/mol. The average molecular weight is 437 g/mol. The highest BCUT2D eigenvalue weighted by Crippen LogP contribution is 2.37. The van der Waals surface area contributed by atoms with E-state index in [1.807, 2.05) is 39.0 Å². The summed E-state index contributed by atoms with van der Waals surface area (Å²) < 4.78 is 17.1. The lowest BCUT2D eigenvalue weighted by Gasteiger charge is -2.31. The Bertz CT molecular complexity index is 714. The molecular formula is C25H37ClO4. The lowest BCUT2D eigenvalue weighted by Crippen LogP contribution is -2.29. The molecule has 0 fully saturated rings. The van der Waals surface area contributed by atoms with Crippen LogP contribution in [0.15, 0.2) is 47.7 Å². The molecule has 1 atom stereocenters. The third kappa shape index (κ3) is 7.98. The molecule has 0 saturated carbocycles. The van der Waals surface area contributed by atoms with Gasteiger partial charge >= 0.3 is 0 Å². The van der Waals surface area contributed by atoms with Gasteiger partial charge in [0, 0.05) is 17.7 Å². The summed E-state index contributed by atoms with van der Waals surface area (Å²) in [6.45, 7) is 11.6. The highest BCUT2D eigenvalue weighted by molar-refractivity contribution is 6.17. The van der Waals surface area contributed by atoms with Crippen molar-refractivity contribution in [1.82, 2.24) is 0 Å². The van der Waals surface area contributed by atoms with Crippen LogP contribution in [0, 0.1) is 0 Å². The molecule has 0 aliphatic heterocycles. The number of benzene rings is 1. The van der Waals surface area contributed by atoms with Crippen LogP contribution in [0.3, 0.4) is 0 Å². The summed E-state index contributed by atoms with van der Waals surface area (Å²) >= 11 is 5.70. The third-order valence-corrected chi connectivity index (χ3v) is 5.47. The molecule has 2 rings (SSSR count). The summed E-state index contributed by atoms with van der Waals surface area (Å²) in [5, 5.41) is 10.1. The lowest BCUT2D eigenvalue weighted by atomic mass is 9.74. The van der Waals surface area contributed by atoms with Gasteiger partial charge in [-0.05, 0) is 57.4 Å². The molecule has 0 heterocycles. The van der Waals surface area contributed by atoms with E-state index in [1.54, 1.807) is 0 Å². The molecular weight excluding hydrogens is 400 g/mol. The molecule has 0 aromatic heterocycles. The molecule has 0 saturated heterocycles.